The van der Waals surface area contributed by atoms with Crippen LogP contribution in [0.1, 0.15) is 19.3 Å². The summed E-state index contributed by atoms with van der Waals surface area (Å²) in [7, 11) is 4.27. The standard InChI is InChI=1S/C14H23N7/c1-19(2)6-3-11-4-7-20(8-5-11)12-9-13-18-16-10-21(13)14(15)17-12/h9-11H,3-8H2,1-2H3,(H2,15,17). The van der Waals surface area contributed by atoms with Crippen LogP contribution in [0.15, 0.2) is 12.4 Å². The van der Waals surface area contributed by atoms with Gasteiger partial charge in [0, 0.05) is 19.2 Å². The van der Waals surface area contributed by atoms with Gasteiger partial charge in [0.25, 0.3) is 0 Å². The molecule has 0 amide bonds. The van der Waals surface area contributed by atoms with Gasteiger partial charge in [-0.15, -0.1) is 10.2 Å². The molecule has 21 heavy (non-hydrogen) atoms. The second-order valence-electron chi connectivity index (χ2n) is 6.05. The lowest BCUT2D eigenvalue weighted by Crippen LogP contribution is -2.35. The third-order valence-corrected chi connectivity index (χ3v) is 4.23. The Morgan fingerprint density at radius 2 is 2.10 bits per heavy atom. The molecule has 0 bridgehead atoms. The second kappa shape index (κ2) is 5.85. The highest BCUT2D eigenvalue weighted by molar-refractivity contribution is 5.55. The van der Waals surface area contributed by atoms with Crippen molar-refractivity contribution in [3.63, 3.8) is 0 Å². The minimum absolute atomic E-state index is 0.447. The predicted octanol–water partition coefficient (Wildman–Crippen LogP) is 0.875. The minimum Gasteiger partial charge on any atom is -0.369 e. The molecule has 0 aromatic carbocycles. The summed E-state index contributed by atoms with van der Waals surface area (Å²) >= 11 is 0. The molecule has 2 aromatic rings. The maximum absolute atomic E-state index is 5.96. The predicted molar refractivity (Wildman–Crippen MR) is 83.3 cm³/mol. The van der Waals surface area contributed by atoms with Crippen molar-refractivity contribution in [3.05, 3.63) is 12.4 Å². The Morgan fingerprint density at radius 1 is 1.33 bits per heavy atom. The molecule has 0 radical (unpaired) electrons. The van der Waals surface area contributed by atoms with Gasteiger partial charge >= 0.3 is 0 Å². The lowest BCUT2D eigenvalue weighted by Gasteiger charge is -2.33. The van der Waals surface area contributed by atoms with Crippen molar-refractivity contribution in [1.82, 2.24) is 24.5 Å². The molecule has 3 rings (SSSR count). The van der Waals surface area contributed by atoms with Crippen LogP contribution in [0.3, 0.4) is 0 Å². The topological polar surface area (TPSA) is 75.6 Å². The lowest BCUT2D eigenvalue weighted by molar-refractivity contribution is 0.313. The van der Waals surface area contributed by atoms with Crippen molar-refractivity contribution < 1.29 is 0 Å². The van der Waals surface area contributed by atoms with E-state index in [2.05, 4.69) is 39.1 Å². The van der Waals surface area contributed by atoms with E-state index < -0.39 is 0 Å². The summed E-state index contributed by atoms with van der Waals surface area (Å²) in [6, 6.07) is 1.96. The third kappa shape index (κ3) is 3.07. The number of rotatable bonds is 4. The molecule has 0 aliphatic carbocycles. The highest BCUT2D eigenvalue weighted by Crippen LogP contribution is 2.25. The molecule has 1 aliphatic heterocycles. The molecule has 2 N–H and O–H groups in total. The van der Waals surface area contributed by atoms with E-state index in [0.717, 1.165) is 30.5 Å². The molecule has 114 valence electrons. The molecule has 7 heteroatoms. The summed E-state index contributed by atoms with van der Waals surface area (Å²) in [6.45, 7) is 3.24. The number of aromatic nitrogens is 4. The fourth-order valence-corrected chi connectivity index (χ4v) is 2.89. The Morgan fingerprint density at radius 3 is 2.81 bits per heavy atom. The summed E-state index contributed by atoms with van der Waals surface area (Å²) in [5.74, 6) is 2.18. The number of piperidine rings is 1. The number of nitrogen functional groups attached to an aromatic ring is 1. The molecule has 1 aliphatic rings. The molecule has 3 heterocycles. The first kappa shape index (κ1) is 14.1. The second-order valence-corrected chi connectivity index (χ2v) is 6.05. The first-order chi connectivity index (χ1) is 10.1. The smallest absolute Gasteiger partial charge is 0.209 e. The van der Waals surface area contributed by atoms with E-state index in [0.29, 0.717) is 5.95 Å². The van der Waals surface area contributed by atoms with E-state index in [1.165, 1.54) is 25.8 Å². The zero-order valence-corrected chi connectivity index (χ0v) is 12.7. The summed E-state index contributed by atoms with van der Waals surface area (Å²) in [5.41, 5.74) is 6.71. The Hall–Kier alpha value is -1.89. The van der Waals surface area contributed by atoms with Gasteiger partial charge in [0.05, 0.1) is 0 Å². The molecule has 2 aromatic heterocycles. The molecule has 0 atom stereocenters. The van der Waals surface area contributed by atoms with E-state index in [9.17, 15) is 0 Å². The molecular formula is C14H23N7. The molecule has 0 unspecified atom stereocenters. The summed E-state index contributed by atoms with van der Waals surface area (Å²) in [4.78, 5) is 9.04. The fraction of sp³-hybridized carbons (Fsp3) is 0.643. The zero-order valence-electron chi connectivity index (χ0n) is 12.7. The van der Waals surface area contributed by atoms with Gasteiger partial charge in [-0.05, 0) is 45.8 Å². The van der Waals surface area contributed by atoms with Gasteiger partial charge in [0.15, 0.2) is 5.65 Å². The number of anilines is 2. The summed E-state index contributed by atoms with van der Waals surface area (Å²) < 4.78 is 1.70. The minimum atomic E-state index is 0.447. The number of hydrogen-bond donors (Lipinski definition) is 1. The normalized spacial score (nSPS) is 17.0. The van der Waals surface area contributed by atoms with E-state index in [-0.39, 0.29) is 0 Å². The number of nitrogens with zero attached hydrogens (tertiary/aromatic N) is 6. The Labute approximate surface area is 124 Å². The first-order valence-electron chi connectivity index (χ1n) is 7.49. The van der Waals surface area contributed by atoms with Crippen LogP contribution in [-0.2, 0) is 0 Å². The van der Waals surface area contributed by atoms with Crippen LogP contribution >= 0.6 is 0 Å². The maximum atomic E-state index is 5.96. The average molecular weight is 289 g/mol. The van der Waals surface area contributed by atoms with Gasteiger partial charge in [0.1, 0.15) is 12.1 Å². The lowest BCUT2D eigenvalue weighted by atomic mass is 9.93. The molecule has 7 nitrogen and oxygen atoms in total. The molecule has 0 saturated carbocycles. The van der Waals surface area contributed by atoms with Crippen LogP contribution in [0.25, 0.3) is 5.65 Å². The van der Waals surface area contributed by atoms with Crippen molar-refractivity contribution in [2.75, 3.05) is 44.4 Å². The first-order valence-corrected chi connectivity index (χ1v) is 7.49. The molecule has 1 saturated heterocycles. The van der Waals surface area contributed by atoms with Crippen molar-refractivity contribution in [3.8, 4) is 0 Å². The van der Waals surface area contributed by atoms with E-state index in [1.807, 2.05) is 6.07 Å². The fourth-order valence-electron chi connectivity index (χ4n) is 2.89. The number of fused-ring (bicyclic) bond motifs is 1. The van der Waals surface area contributed by atoms with Gasteiger partial charge in [-0.1, -0.05) is 0 Å². The van der Waals surface area contributed by atoms with Crippen molar-refractivity contribution >= 4 is 17.4 Å². The number of hydrogen-bond acceptors (Lipinski definition) is 6. The van der Waals surface area contributed by atoms with Crippen LogP contribution in [0.2, 0.25) is 0 Å². The van der Waals surface area contributed by atoms with Gasteiger partial charge in [0.2, 0.25) is 5.95 Å². The highest BCUT2D eigenvalue weighted by Gasteiger charge is 2.21. The monoisotopic (exact) mass is 289 g/mol. The van der Waals surface area contributed by atoms with Crippen LogP contribution in [-0.4, -0.2) is 58.2 Å². The van der Waals surface area contributed by atoms with Crippen LogP contribution in [0.4, 0.5) is 11.8 Å². The van der Waals surface area contributed by atoms with Crippen molar-refractivity contribution in [1.29, 1.82) is 0 Å². The van der Waals surface area contributed by atoms with Crippen molar-refractivity contribution in [2.45, 2.75) is 19.3 Å². The Balaban J connectivity index is 1.65. The largest absolute Gasteiger partial charge is 0.369 e. The maximum Gasteiger partial charge on any atom is 0.209 e. The number of nitrogens with two attached hydrogens (primary N) is 1. The Kier molecular flexibility index (Phi) is 3.92. The van der Waals surface area contributed by atoms with Crippen molar-refractivity contribution in [2.24, 2.45) is 5.92 Å². The highest BCUT2D eigenvalue weighted by atomic mass is 15.3. The van der Waals surface area contributed by atoms with Gasteiger partial charge in [-0.25, -0.2) is 0 Å². The SMILES string of the molecule is CN(C)CCC1CCN(c2cc3nncn3c(N)n2)CC1. The van der Waals surface area contributed by atoms with Gasteiger partial charge in [-0.2, -0.15) is 4.98 Å². The molecular weight excluding hydrogens is 266 g/mol. The van der Waals surface area contributed by atoms with Gasteiger partial charge in [-0.3, -0.25) is 4.40 Å². The van der Waals surface area contributed by atoms with Crippen LogP contribution in [0.5, 0.6) is 0 Å². The van der Waals surface area contributed by atoms with Crippen LogP contribution in [0, 0.1) is 5.92 Å². The van der Waals surface area contributed by atoms with Gasteiger partial charge < -0.3 is 15.5 Å². The zero-order chi connectivity index (χ0) is 14.8. The van der Waals surface area contributed by atoms with E-state index in [1.54, 1.807) is 10.7 Å². The molecule has 1 fully saturated rings. The third-order valence-electron chi connectivity index (χ3n) is 4.23. The summed E-state index contributed by atoms with van der Waals surface area (Å²) in [6.07, 6.45) is 5.30. The van der Waals surface area contributed by atoms with E-state index in [4.69, 9.17) is 5.73 Å². The summed E-state index contributed by atoms with van der Waals surface area (Å²) in [5, 5.41) is 7.93. The Bertz CT molecular complexity index is 598. The van der Waals surface area contributed by atoms with Crippen LogP contribution < -0.4 is 10.6 Å². The average Bonchev–Trinajstić information content (AvgIpc) is 2.94. The molecule has 0 spiro atoms. The van der Waals surface area contributed by atoms with E-state index >= 15 is 0 Å². The quantitative estimate of drug-likeness (QED) is 0.900.